The van der Waals surface area contributed by atoms with E-state index in [1.54, 1.807) is 17.9 Å². The largest absolute Gasteiger partial charge is 0.481 e. The van der Waals surface area contributed by atoms with Crippen LogP contribution in [-0.2, 0) is 4.79 Å². The number of halogens is 1. The summed E-state index contributed by atoms with van der Waals surface area (Å²) in [5, 5.41) is 9.39. The molecule has 0 saturated carbocycles. The Kier molecular flexibility index (Phi) is 5.17. The Balaban J connectivity index is 2.00. The number of amides is 1. The van der Waals surface area contributed by atoms with Crippen LogP contribution in [0.15, 0.2) is 18.2 Å². The molecule has 2 rings (SSSR count). The normalized spacial score (nSPS) is 18.2. The number of likely N-dealkylation sites (tertiary alicyclic amines) is 1. The van der Waals surface area contributed by atoms with Crippen molar-refractivity contribution in [2.75, 3.05) is 13.1 Å². The molecule has 1 amide bonds. The number of carbonyl (C=O) groups excluding carboxylic acids is 1. The van der Waals surface area contributed by atoms with Crippen LogP contribution in [0, 0.1) is 5.82 Å². The van der Waals surface area contributed by atoms with Crippen molar-refractivity contribution >= 4 is 5.91 Å². The molecule has 1 aromatic carbocycles. The van der Waals surface area contributed by atoms with Crippen LogP contribution >= 0.6 is 0 Å². The Hall–Kier alpha value is -1.62. The van der Waals surface area contributed by atoms with Gasteiger partial charge in [-0.15, -0.1) is 0 Å². The second-order valence-electron chi connectivity index (χ2n) is 5.51. The van der Waals surface area contributed by atoms with Crippen LogP contribution in [0.1, 0.15) is 44.8 Å². The number of ether oxygens (including phenoxy) is 1. The number of hydrogen-bond acceptors (Lipinski definition) is 3. The van der Waals surface area contributed by atoms with Crippen LogP contribution in [0.2, 0.25) is 0 Å². The first kappa shape index (κ1) is 15.8. The van der Waals surface area contributed by atoms with Crippen LogP contribution in [0.5, 0.6) is 5.75 Å². The molecule has 1 unspecified atom stereocenters. The van der Waals surface area contributed by atoms with Gasteiger partial charge < -0.3 is 14.7 Å². The summed E-state index contributed by atoms with van der Waals surface area (Å²) in [6.45, 7) is 4.71. The van der Waals surface area contributed by atoms with Crippen molar-refractivity contribution in [2.24, 2.45) is 0 Å². The van der Waals surface area contributed by atoms with Crippen molar-refractivity contribution in [1.82, 2.24) is 4.90 Å². The Morgan fingerprint density at radius 1 is 1.29 bits per heavy atom. The van der Waals surface area contributed by atoms with Gasteiger partial charge in [0.25, 0.3) is 5.91 Å². The van der Waals surface area contributed by atoms with Crippen molar-refractivity contribution in [2.45, 2.75) is 45.3 Å². The van der Waals surface area contributed by atoms with Crippen molar-refractivity contribution in [1.29, 1.82) is 0 Å². The minimum atomic E-state index is -0.869. The molecule has 4 nitrogen and oxygen atoms in total. The van der Waals surface area contributed by atoms with Crippen molar-refractivity contribution in [3.05, 3.63) is 29.6 Å². The number of hydrogen-bond donors (Lipinski definition) is 1. The topological polar surface area (TPSA) is 49.8 Å². The van der Waals surface area contributed by atoms with E-state index in [-0.39, 0.29) is 11.5 Å². The minimum Gasteiger partial charge on any atom is -0.481 e. The number of piperidine rings is 1. The molecule has 1 aliphatic heterocycles. The monoisotopic (exact) mass is 295 g/mol. The third-order valence-electron chi connectivity index (χ3n) is 3.75. The zero-order valence-corrected chi connectivity index (χ0v) is 12.5. The van der Waals surface area contributed by atoms with Gasteiger partial charge in [-0.25, -0.2) is 4.39 Å². The number of rotatable bonds is 4. The molecule has 2 atom stereocenters. The first-order valence-electron chi connectivity index (χ1n) is 7.42. The molecule has 0 spiro atoms. The highest BCUT2D eigenvalue weighted by Crippen LogP contribution is 2.23. The van der Waals surface area contributed by atoms with E-state index in [1.165, 1.54) is 19.1 Å². The molecule has 5 heteroatoms. The maximum Gasteiger partial charge on any atom is 0.263 e. The standard InChI is InChI=1S/C16H22FNO3/c1-11(19)14-7-6-13(10-15(14)17)21-12(2)16(20)18-8-4-3-5-9-18/h6-7,10-12,19H,3-5,8-9H2,1-2H3/t11-,12?/m1/s1. The molecule has 1 fully saturated rings. The number of nitrogens with zero attached hydrogens (tertiary/aromatic N) is 1. The van der Waals surface area contributed by atoms with E-state index in [0.29, 0.717) is 5.75 Å². The molecule has 0 aromatic heterocycles. The van der Waals surface area contributed by atoms with Crippen molar-refractivity contribution < 1.29 is 19.0 Å². The third kappa shape index (κ3) is 3.94. The van der Waals surface area contributed by atoms with Crippen molar-refractivity contribution in [3.8, 4) is 5.75 Å². The molecular formula is C16H22FNO3. The fourth-order valence-electron chi connectivity index (χ4n) is 2.55. The van der Waals surface area contributed by atoms with Gasteiger partial charge in [0.15, 0.2) is 6.10 Å². The molecular weight excluding hydrogens is 273 g/mol. The van der Waals surface area contributed by atoms with E-state index in [2.05, 4.69) is 0 Å². The lowest BCUT2D eigenvalue weighted by Gasteiger charge is -2.29. The second kappa shape index (κ2) is 6.89. The Labute approximate surface area is 124 Å². The first-order valence-corrected chi connectivity index (χ1v) is 7.42. The SMILES string of the molecule is CC(Oc1ccc([C@@H](C)O)c(F)c1)C(=O)N1CCCCC1. The number of carbonyl (C=O) groups is 1. The fourth-order valence-corrected chi connectivity index (χ4v) is 2.55. The quantitative estimate of drug-likeness (QED) is 0.929. The third-order valence-corrected chi connectivity index (χ3v) is 3.75. The van der Waals surface area contributed by atoms with Crippen molar-refractivity contribution in [3.63, 3.8) is 0 Å². The molecule has 1 N–H and O–H groups in total. The van der Waals surface area contributed by atoms with Gasteiger partial charge in [0, 0.05) is 24.7 Å². The first-order chi connectivity index (χ1) is 9.99. The van der Waals surface area contributed by atoms with Crippen LogP contribution < -0.4 is 4.74 Å². The van der Waals surface area contributed by atoms with Gasteiger partial charge >= 0.3 is 0 Å². The van der Waals surface area contributed by atoms with Gasteiger partial charge in [0.05, 0.1) is 6.10 Å². The highest BCUT2D eigenvalue weighted by molar-refractivity contribution is 5.81. The van der Waals surface area contributed by atoms with E-state index in [4.69, 9.17) is 4.74 Å². The van der Waals surface area contributed by atoms with E-state index in [1.807, 2.05) is 0 Å². The Bertz CT molecular complexity index is 498. The molecule has 1 saturated heterocycles. The summed E-state index contributed by atoms with van der Waals surface area (Å²) in [5.41, 5.74) is 0.220. The Morgan fingerprint density at radius 3 is 2.52 bits per heavy atom. The maximum absolute atomic E-state index is 13.8. The van der Waals surface area contributed by atoms with Gasteiger partial charge in [0.2, 0.25) is 0 Å². The van der Waals surface area contributed by atoms with Gasteiger partial charge in [-0.1, -0.05) is 0 Å². The molecule has 0 radical (unpaired) electrons. The van der Waals surface area contributed by atoms with E-state index in [0.717, 1.165) is 32.4 Å². The van der Waals surface area contributed by atoms with E-state index < -0.39 is 18.0 Å². The summed E-state index contributed by atoms with van der Waals surface area (Å²) < 4.78 is 19.3. The molecule has 0 bridgehead atoms. The van der Waals surface area contributed by atoms with Gasteiger partial charge in [0.1, 0.15) is 11.6 Å². The zero-order chi connectivity index (χ0) is 15.4. The molecule has 1 heterocycles. The Morgan fingerprint density at radius 2 is 1.95 bits per heavy atom. The maximum atomic E-state index is 13.8. The number of aliphatic hydroxyl groups is 1. The lowest BCUT2D eigenvalue weighted by atomic mass is 10.1. The highest BCUT2D eigenvalue weighted by Gasteiger charge is 2.23. The van der Waals surface area contributed by atoms with E-state index in [9.17, 15) is 14.3 Å². The summed E-state index contributed by atoms with van der Waals surface area (Å²) in [6.07, 6.45) is 1.70. The van der Waals surface area contributed by atoms with Crippen LogP contribution in [-0.4, -0.2) is 35.1 Å². The molecule has 116 valence electrons. The fraction of sp³-hybridized carbons (Fsp3) is 0.562. The van der Waals surface area contributed by atoms with Gasteiger partial charge in [-0.05, 0) is 45.2 Å². The van der Waals surface area contributed by atoms with Crippen LogP contribution in [0.25, 0.3) is 0 Å². The average Bonchev–Trinajstić information content (AvgIpc) is 2.47. The summed E-state index contributed by atoms with van der Waals surface area (Å²) in [5.74, 6) is -0.287. The molecule has 21 heavy (non-hydrogen) atoms. The minimum absolute atomic E-state index is 0.0605. The van der Waals surface area contributed by atoms with Gasteiger partial charge in [-0.2, -0.15) is 0 Å². The number of aliphatic hydroxyl groups excluding tert-OH is 1. The second-order valence-corrected chi connectivity index (χ2v) is 5.51. The summed E-state index contributed by atoms with van der Waals surface area (Å²) in [4.78, 5) is 14.0. The number of benzene rings is 1. The average molecular weight is 295 g/mol. The molecule has 0 aliphatic carbocycles. The lowest BCUT2D eigenvalue weighted by molar-refractivity contribution is -0.138. The predicted octanol–water partition coefficient (Wildman–Crippen LogP) is 2.66. The summed E-state index contributed by atoms with van der Waals surface area (Å²) >= 11 is 0. The predicted molar refractivity (Wildman–Crippen MR) is 77.6 cm³/mol. The smallest absolute Gasteiger partial charge is 0.263 e. The van der Waals surface area contributed by atoms with E-state index >= 15 is 0 Å². The summed E-state index contributed by atoms with van der Waals surface area (Å²) in [6, 6.07) is 4.26. The zero-order valence-electron chi connectivity index (χ0n) is 12.5. The highest BCUT2D eigenvalue weighted by atomic mass is 19.1. The molecule has 1 aromatic rings. The lowest BCUT2D eigenvalue weighted by Crippen LogP contribution is -2.43. The van der Waals surface area contributed by atoms with Crippen LogP contribution in [0.4, 0.5) is 4.39 Å². The summed E-state index contributed by atoms with van der Waals surface area (Å²) in [7, 11) is 0. The van der Waals surface area contributed by atoms with Crippen LogP contribution in [0.3, 0.4) is 0 Å². The van der Waals surface area contributed by atoms with Gasteiger partial charge in [-0.3, -0.25) is 4.79 Å². The molecule has 1 aliphatic rings.